The maximum absolute atomic E-state index is 10.1. The second-order valence-electron chi connectivity index (χ2n) is 2.70. The lowest BCUT2D eigenvalue weighted by atomic mass is 10.2. The highest BCUT2D eigenvalue weighted by molar-refractivity contribution is 5.80. The zero-order chi connectivity index (χ0) is 9.10. The zero-order valence-electron chi connectivity index (χ0n) is 6.90. The van der Waals surface area contributed by atoms with Crippen molar-refractivity contribution in [2.75, 3.05) is 0 Å². The van der Waals surface area contributed by atoms with Crippen LogP contribution in [-0.2, 0) is 4.79 Å². The van der Waals surface area contributed by atoms with Crippen LogP contribution in [0.25, 0.3) is 11.1 Å². The van der Waals surface area contributed by atoms with Crippen molar-refractivity contribution in [2.24, 2.45) is 4.99 Å². The molecule has 2 aliphatic carbocycles. The number of rotatable bonds is 1. The number of hydrogen-bond acceptors (Lipinski definition) is 2. The van der Waals surface area contributed by atoms with Gasteiger partial charge in [0.05, 0.1) is 5.69 Å². The molecule has 0 heterocycles. The third-order valence-electron chi connectivity index (χ3n) is 1.93. The van der Waals surface area contributed by atoms with Gasteiger partial charge in [0.25, 0.3) is 0 Å². The molecule has 0 saturated heterocycles. The lowest BCUT2D eigenvalue weighted by Crippen LogP contribution is -1.64. The fourth-order valence-corrected chi connectivity index (χ4v) is 1.34. The normalized spacial score (nSPS) is 9.54. The van der Waals surface area contributed by atoms with Gasteiger partial charge in [-0.2, -0.15) is 4.99 Å². The molecule has 0 atom stereocenters. The third kappa shape index (κ3) is 1.35. The molecule has 0 N–H and O–H groups in total. The van der Waals surface area contributed by atoms with Gasteiger partial charge in [-0.3, -0.25) is 0 Å². The fraction of sp³-hybridized carbons (Fsp3) is 0. The first-order chi connectivity index (χ1) is 6.42. The van der Waals surface area contributed by atoms with Crippen LogP contribution in [0.2, 0.25) is 0 Å². The minimum Gasteiger partial charge on any atom is -0.211 e. The molecule has 0 fully saturated rings. The molecule has 0 saturated carbocycles. The van der Waals surface area contributed by atoms with Crippen LogP contribution in [0.4, 0.5) is 5.69 Å². The van der Waals surface area contributed by atoms with Gasteiger partial charge in [-0.15, -0.1) is 0 Å². The zero-order valence-corrected chi connectivity index (χ0v) is 6.90. The number of isocyanates is 1. The second-order valence-corrected chi connectivity index (χ2v) is 2.70. The van der Waals surface area contributed by atoms with Crippen molar-refractivity contribution < 1.29 is 4.79 Å². The Morgan fingerprint density at radius 1 is 1.00 bits per heavy atom. The van der Waals surface area contributed by atoms with Crippen LogP contribution in [0.3, 0.4) is 0 Å². The summed E-state index contributed by atoms with van der Waals surface area (Å²) < 4.78 is 0. The molecular weight excluding hydrogens is 162 g/mol. The molecule has 0 amide bonds. The molecule has 2 rings (SSSR count). The predicted molar refractivity (Wildman–Crippen MR) is 50.8 cm³/mol. The Labute approximate surface area is 75.9 Å². The quantitative estimate of drug-likeness (QED) is 0.476. The highest BCUT2D eigenvalue weighted by atomic mass is 16.1. The summed E-state index contributed by atoms with van der Waals surface area (Å²) in [5, 5.41) is 0. The third-order valence-corrected chi connectivity index (χ3v) is 1.93. The molecule has 13 heavy (non-hydrogen) atoms. The van der Waals surface area contributed by atoms with E-state index < -0.39 is 0 Å². The molecule has 2 nitrogen and oxygen atoms in total. The Bertz CT molecular complexity index is 444. The largest absolute Gasteiger partial charge is 0.240 e. The Kier molecular flexibility index (Phi) is 1.91. The number of hydrogen-bond donors (Lipinski definition) is 0. The van der Waals surface area contributed by atoms with Crippen LogP contribution in [0.15, 0.2) is 47.5 Å². The standard InChI is InChI=1S/C11H7NO/c13-8-12-11-7-6-9-4-2-1-3-5-10(9)11/h1-7H. The van der Waals surface area contributed by atoms with Gasteiger partial charge in [0, 0.05) is 5.56 Å². The first-order valence-electron chi connectivity index (χ1n) is 3.97. The average Bonchev–Trinajstić information content (AvgIpc) is 2.38. The van der Waals surface area contributed by atoms with Crippen LogP contribution in [0.1, 0.15) is 0 Å². The van der Waals surface area contributed by atoms with Crippen molar-refractivity contribution >= 4 is 11.8 Å². The summed E-state index contributed by atoms with van der Waals surface area (Å²) in [5.74, 6) is 0. The van der Waals surface area contributed by atoms with Gasteiger partial charge in [-0.05, 0) is 11.6 Å². The average molecular weight is 169 g/mol. The van der Waals surface area contributed by atoms with Gasteiger partial charge in [-0.25, -0.2) is 4.79 Å². The smallest absolute Gasteiger partial charge is 0.211 e. The van der Waals surface area contributed by atoms with Gasteiger partial charge in [0.15, 0.2) is 0 Å². The maximum atomic E-state index is 10.1. The minimum atomic E-state index is 0.682. The highest BCUT2D eigenvalue weighted by Gasteiger charge is 2.05. The van der Waals surface area contributed by atoms with Crippen molar-refractivity contribution in [3.05, 3.63) is 42.5 Å². The molecule has 0 aromatic carbocycles. The molecule has 0 aliphatic heterocycles. The van der Waals surface area contributed by atoms with E-state index in [-0.39, 0.29) is 0 Å². The summed E-state index contributed by atoms with van der Waals surface area (Å²) in [4.78, 5) is 13.7. The first-order valence-corrected chi connectivity index (χ1v) is 3.97. The van der Waals surface area contributed by atoms with E-state index in [1.165, 1.54) is 0 Å². The number of carbonyl (C=O) groups excluding carboxylic acids is 1. The van der Waals surface area contributed by atoms with Gasteiger partial charge < -0.3 is 0 Å². The minimum absolute atomic E-state index is 0.682. The molecule has 0 unspecified atom stereocenters. The lowest BCUT2D eigenvalue weighted by Gasteiger charge is -1.91. The molecular formula is C11H7NO. The summed E-state index contributed by atoms with van der Waals surface area (Å²) in [6, 6.07) is 13.5. The molecule has 62 valence electrons. The summed E-state index contributed by atoms with van der Waals surface area (Å²) in [6.45, 7) is 0. The van der Waals surface area contributed by atoms with E-state index in [4.69, 9.17) is 0 Å². The number of fused-ring (bicyclic) bond motifs is 1. The molecule has 0 radical (unpaired) electrons. The van der Waals surface area contributed by atoms with Crippen molar-refractivity contribution in [3.63, 3.8) is 0 Å². The topological polar surface area (TPSA) is 29.4 Å². The van der Waals surface area contributed by atoms with E-state index in [0.717, 1.165) is 11.1 Å². The van der Waals surface area contributed by atoms with Gasteiger partial charge in [-0.1, -0.05) is 36.4 Å². The fourth-order valence-electron chi connectivity index (χ4n) is 1.34. The predicted octanol–water partition coefficient (Wildman–Crippen LogP) is 2.76. The second kappa shape index (κ2) is 3.21. The van der Waals surface area contributed by atoms with Crippen LogP contribution in [-0.4, -0.2) is 6.08 Å². The van der Waals surface area contributed by atoms with Crippen LogP contribution < -0.4 is 0 Å². The molecule has 0 bridgehead atoms. The van der Waals surface area contributed by atoms with E-state index in [2.05, 4.69) is 4.99 Å². The summed E-state index contributed by atoms with van der Waals surface area (Å²) in [6.07, 6.45) is 1.55. The van der Waals surface area contributed by atoms with Crippen molar-refractivity contribution in [1.29, 1.82) is 0 Å². The van der Waals surface area contributed by atoms with Crippen LogP contribution >= 0.6 is 0 Å². The summed E-state index contributed by atoms with van der Waals surface area (Å²) in [5.41, 5.74) is 2.74. The van der Waals surface area contributed by atoms with Crippen LogP contribution in [0, 0.1) is 0 Å². The van der Waals surface area contributed by atoms with E-state index in [0.29, 0.717) is 5.69 Å². The van der Waals surface area contributed by atoms with Gasteiger partial charge >= 0.3 is 0 Å². The SMILES string of the molecule is O=C=Nc1ccc2cccccc1-2. The highest BCUT2D eigenvalue weighted by Crippen LogP contribution is 2.32. The Balaban J connectivity index is 2.68. The molecule has 0 aromatic rings. The lowest BCUT2D eigenvalue weighted by molar-refractivity contribution is 0.565. The number of aliphatic imine (C=N–C) groups is 1. The Morgan fingerprint density at radius 2 is 1.85 bits per heavy atom. The van der Waals surface area contributed by atoms with Crippen molar-refractivity contribution in [2.45, 2.75) is 0 Å². The van der Waals surface area contributed by atoms with Gasteiger partial charge in [0.1, 0.15) is 0 Å². The van der Waals surface area contributed by atoms with E-state index in [9.17, 15) is 4.79 Å². The van der Waals surface area contributed by atoms with Crippen LogP contribution in [0.5, 0.6) is 0 Å². The van der Waals surface area contributed by atoms with E-state index in [1.54, 1.807) is 6.08 Å². The Hall–Kier alpha value is -1.92. The van der Waals surface area contributed by atoms with Crippen molar-refractivity contribution in [3.8, 4) is 11.1 Å². The number of nitrogens with zero attached hydrogens (tertiary/aromatic N) is 1. The Morgan fingerprint density at radius 3 is 2.69 bits per heavy atom. The molecule has 2 aliphatic rings. The first kappa shape index (κ1) is 7.71. The van der Waals surface area contributed by atoms with E-state index >= 15 is 0 Å². The monoisotopic (exact) mass is 169 g/mol. The molecule has 0 aromatic heterocycles. The van der Waals surface area contributed by atoms with Gasteiger partial charge in [0.2, 0.25) is 6.08 Å². The van der Waals surface area contributed by atoms with Crippen molar-refractivity contribution in [1.82, 2.24) is 0 Å². The molecule has 2 heteroatoms. The summed E-state index contributed by atoms with van der Waals surface area (Å²) in [7, 11) is 0. The summed E-state index contributed by atoms with van der Waals surface area (Å²) >= 11 is 0. The van der Waals surface area contributed by atoms with E-state index in [1.807, 2.05) is 42.5 Å². The molecule has 0 spiro atoms. The maximum Gasteiger partial charge on any atom is 0.240 e.